The van der Waals surface area contributed by atoms with Gasteiger partial charge in [0.25, 0.3) is 0 Å². The summed E-state index contributed by atoms with van der Waals surface area (Å²) in [6, 6.07) is 11.6. The van der Waals surface area contributed by atoms with Gasteiger partial charge in [-0.05, 0) is 24.1 Å². The first-order valence-corrected chi connectivity index (χ1v) is 6.85. The molecule has 0 fully saturated rings. The summed E-state index contributed by atoms with van der Waals surface area (Å²) in [5, 5.41) is 18.3. The van der Waals surface area contributed by atoms with Gasteiger partial charge in [0.1, 0.15) is 17.1 Å². The maximum absolute atomic E-state index is 11.4. The first-order chi connectivity index (χ1) is 10.5. The SMILES string of the molecule is CCc1cccc(C(=O)O)c1Oc1ccccc1CC(=O)O. The van der Waals surface area contributed by atoms with E-state index in [1.165, 1.54) is 6.07 Å². The molecule has 0 bridgehead atoms. The van der Waals surface area contributed by atoms with E-state index < -0.39 is 11.9 Å². The molecule has 0 atom stereocenters. The summed E-state index contributed by atoms with van der Waals surface area (Å²) in [5.74, 6) is -1.44. The molecule has 2 aromatic carbocycles. The van der Waals surface area contributed by atoms with Gasteiger partial charge in [0.05, 0.1) is 6.42 Å². The molecule has 0 aromatic heterocycles. The second-order valence-corrected chi connectivity index (χ2v) is 4.73. The zero-order chi connectivity index (χ0) is 16.1. The van der Waals surface area contributed by atoms with E-state index in [1.807, 2.05) is 6.92 Å². The topological polar surface area (TPSA) is 83.8 Å². The Morgan fingerprint density at radius 1 is 1.00 bits per heavy atom. The Kier molecular flexibility index (Phi) is 4.78. The predicted octanol–water partition coefficient (Wildman–Crippen LogP) is 3.37. The van der Waals surface area contributed by atoms with Gasteiger partial charge in [-0.2, -0.15) is 0 Å². The van der Waals surface area contributed by atoms with Gasteiger partial charge in [0.2, 0.25) is 0 Å². The third-order valence-corrected chi connectivity index (χ3v) is 3.23. The van der Waals surface area contributed by atoms with E-state index in [0.717, 1.165) is 5.56 Å². The van der Waals surface area contributed by atoms with Crippen molar-refractivity contribution in [1.82, 2.24) is 0 Å². The van der Waals surface area contributed by atoms with Crippen LogP contribution in [0.15, 0.2) is 42.5 Å². The molecule has 2 aromatic rings. The van der Waals surface area contributed by atoms with Crippen LogP contribution in [0.2, 0.25) is 0 Å². The second kappa shape index (κ2) is 6.76. The molecule has 5 nitrogen and oxygen atoms in total. The lowest BCUT2D eigenvalue weighted by molar-refractivity contribution is -0.136. The van der Waals surface area contributed by atoms with E-state index in [4.69, 9.17) is 9.84 Å². The van der Waals surface area contributed by atoms with Crippen molar-refractivity contribution in [3.63, 3.8) is 0 Å². The van der Waals surface area contributed by atoms with E-state index in [1.54, 1.807) is 36.4 Å². The summed E-state index contributed by atoms with van der Waals surface area (Å²) in [6.45, 7) is 1.90. The van der Waals surface area contributed by atoms with Crippen LogP contribution in [0.1, 0.15) is 28.4 Å². The summed E-state index contributed by atoms with van der Waals surface area (Å²) >= 11 is 0. The molecule has 0 unspecified atom stereocenters. The van der Waals surface area contributed by atoms with E-state index in [-0.39, 0.29) is 17.7 Å². The standard InChI is InChI=1S/C17H16O5/c1-2-11-7-5-8-13(17(20)21)16(11)22-14-9-4-3-6-12(14)10-15(18)19/h3-9H,2,10H2,1H3,(H,18,19)(H,20,21). The molecule has 0 heterocycles. The lowest BCUT2D eigenvalue weighted by atomic mass is 10.1. The highest BCUT2D eigenvalue weighted by Crippen LogP contribution is 2.32. The van der Waals surface area contributed by atoms with Crippen LogP contribution >= 0.6 is 0 Å². The van der Waals surface area contributed by atoms with Crippen LogP contribution < -0.4 is 4.74 Å². The van der Waals surface area contributed by atoms with E-state index in [2.05, 4.69) is 0 Å². The second-order valence-electron chi connectivity index (χ2n) is 4.73. The van der Waals surface area contributed by atoms with Crippen LogP contribution in [0.4, 0.5) is 0 Å². The molecule has 114 valence electrons. The number of aliphatic carboxylic acids is 1. The number of aryl methyl sites for hydroxylation is 1. The highest BCUT2D eigenvalue weighted by atomic mass is 16.5. The lowest BCUT2D eigenvalue weighted by Crippen LogP contribution is -2.05. The first kappa shape index (κ1) is 15.6. The fourth-order valence-corrected chi connectivity index (χ4v) is 2.17. The molecule has 0 saturated heterocycles. The quantitative estimate of drug-likeness (QED) is 0.854. The highest BCUT2D eigenvalue weighted by molar-refractivity contribution is 5.91. The lowest BCUT2D eigenvalue weighted by Gasteiger charge is -2.15. The van der Waals surface area contributed by atoms with Gasteiger partial charge in [-0.1, -0.05) is 37.3 Å². The number of carboxylic acid groups (broad SMARTS) is 2. The van der Waals surface area contributed by atoms with Crippen LogP contribution in [-0.2, 0) is 17.6 Å². The Bertz CT molecular complexity index is 706. The minimum Gasteiger partial charge on any atom is -0.481 e. The fraction of sp³-hybridized carbons (Fsp3) is 0.176. The summed E-state index contributed by atoms with van der Waals surface area (Å²) in [6.07, 6.45) is 0.421. The van der Waals surface area contributed by atoms with Crippen LogP contribution in [0, 0.1) is 0 Å². The number of rotatable bonds is 6. The van der Waals surface area contributed by atoms with Crippen molar-refractivity contribution in [3.8, 4) is 11.5 Å². The Morgan fingerprint density at radius 3 is 2.32 bits per heavy atom. The minimum absolute atomic E-state index is 0.0597. The Labute approximate surface area is 127 Å². The first-order valence-electron chi connectivity index (χ1n) is 6.85. The molecule has 2 N–H and O–H groups in total. The number of hydrogen-bond acceptors (Lipinski definition) is 3. The van der Waals surface area contributed by atoms with Gasteiger partial charge in [0, 0.05) is 5.56 Å². The summed E-state index contributed by atoms with van der Waals surface area (Å²) in [5.41, 5.74) is 1.31. The molecule has 0 amide bonds. The molecular weight excluding hydrogens is 284 g/mol. The van der Waals surface area contributed by atoms with Crippen molar-refractivity contribution >= 4 is 11.9 Å². The molecule has 0 aliphatic carbocycles. The number of carbonyl (C=O) groups is 2. The highest BCUT2D eigenvalue weighted by Gasteiger charge is 2.17. The summed E-state index contributed by atoms with van der Waals surface area (Å²) in [7, 11) is 0. The van der Waals surface area contributed by atoms with Crippen LogP contribution in [0.3, 0.4) is 0 Å². The zero-order valence-electron chi connectivity index (χ0n) is 12.1. The predicted molar refractivity (Wildman–Crippen MR) is 80.6 cm³/mol. The number of para-hydroxylation sites is 2. The smallest absolute Gasteiger partial charge is 0.339 e. The van der Waals surface area contributed by atoms with E-state index >= 15 is 0 Å². The van der Waals surface area contributed by atoms with Gasteiger partial charge >= 0.3 is 11.9 Å². The molecule has 0 saturated carbocycles. The number of aromatic carboxylic acids is 1. The fourth-order valence-electron chi connectivity index (χ4n) is 2.17. The summed E-state index contributed by atoms with van der Waals surface area (Å²) in [4.78, 5) is 22.3. The monoisotopic (exact) mass is 300 g/mol. The molecule has 0 spiro atoms. The van der Waals surface area contributed by atoms with Gasteiger partial charge in [-0.25, -0.2) is 4.79 Å². The molecule has 0 radical (unpaired) electrons. The van der Waals surface area contributed by atoms with Crippen molar-refractivity contribution < 1.29 is 24.5 Å². The van der Waals surface area contributed by atoms with E-state index in [9.17, 15) is 14.7 Å². The Hall–Kier alpha value is -2.82. The third-order valence-electron chi connectivity index (χ3n) is 3.23. The van der Waals surface area contributed by atoms with Crippen molar-refractivity contribution in [1.29, 1.82) is 0 Å². The van der Waals surface area contributed by atoms with Gasteiger partial charge in [-0.3, -0.25) is 4.79 Å². The largest absolute Gasteiger partial charge is 0.481 e. The maximum Gasteiger partial charge on any atom is 0.339 e. The van der Waals surface area contributed by atoms with Crippen LogP contribution in [-0.4, -0.2) is 22.2 Å². The number of ether oxygens (including phenoxy) is 1. The Balaban J connectivity index is 2.47. The average Bonchev–Trinajstić information content (AvgIpc) is 2.48. The molecule has 0 aliphatic heterocycles. The van der Waals surface area contributed by atoms with Gasteiger partial charge in [-0.15, -0.1) is 0 Å². The van der Waals surface area contributed by atoms with Gasteiger partial charge in [0.15, 0.2) is 0 Å². The molecule has 0 aliphatic rings. The zero-order valence-corrected chi connectivity index (χ0v) is 12.1. The minimum atomic E-state index is -1.08. The number of benzene rings is 2. The van der Waals surface area contributed by atoms with Crippen molar-refractivity contribution in [2.75, 3.05) is 0 Å². The van der Waals surface area contributed by atoms with E-state index in [0.29, 0.717) is 17.7 Å². The summed E-state index contributed by atoms with van der Waals surface area (Å²) < 4.78 is 5.78. The molecular formula is C17H16O5. The molecule has 22 heavy (non-hydrogen) atoms. The normalized spacial score (nSPS) is 10.2. The number of hydrogen-bond donors (Lipinski definition) is 2. The molecule has 2 rings (SSSR count). The van der Waals surface area contributed by atoms with Gasteiger partial charge < -0.3 is 14.9 Å². The van der Waals surface area contributed by atoms with Crippen molar-refractivity contribution in [2.45, 2.75) is 19.8 Å². The molecule has 5 heteroatoms. The van der Waals surface area contributed by atoms with Crippen molar-refractivity contribution in [2.24, 2.45) is 0 Å². The van der Waals surface area contributed by atoms with Crippen LogP contribution in [0.25, 0.3) is 0 Å². The third kappa shape index (κ3) is 3.44. The maximum atomic E-state index is 11.4. The van der Waals surface area contributed by atoms with Crippen molar-refractivity contribution in [3.05, 3.63) is 59.2 Å². The number of carboxylic acids is 2. The van der Waals surface area contributed by atoms with Crippen LogP contribution in [0.5, 0.6) is 11.5 Å². The average molecular weight is 300 g/mol. The Morgan fingerprint density at radius 2 is 1.68 bits per heavy atom.